The molecule has 20 heavy (non-hydrogen) atoms. The number of rotatable bonds is 4. The van der Waals surface area contributed by atoms with Gasteiger partial charge in [0.1, 0.15) is 11.5 Å². The smallest absolute Gasteiger partial charge is 0.141 e. The maximum absolute atomic E-state index is 9.95. The number of aromatic hydroxyl groups is 1. The molecule has 0 spiro atoms. The fourth-order valence-corrected chi connectivity index (χ4v) is 2.40. The van der Waals surface area contributed by atoms with E-state index in [1.54, 1.807) is 12.1 Å². The topological polar surface area (TPSA) is 55.5 Å². The summed E-state index contributed by atoms with van der Waals surface area (Å²) < 4.78 is 11.0. The maximum atomic E-state index is 9.95. The Hall–Kier alpha value is -1.81. The van der Waals surface area contributed by atoms with E-state index in [1.807, 2.05) is 40.7 Å². The summed E-state index contributed by atoms with van der Waals surface area (Å²) in [5, 5.41) is 13.9. The Morgan fingerprint density at radius 3 is 2.40 bits per heavy atom. The van der Waals surface area contributed by atoms with Gasteiger partial charge in [-0.15, -0.1) is 0 Å². The molecule has 1 aromatic heterocycles. The molecule has 2 aromatic rings. The van der Waals surface area contributed by atoms with Crippen molar-refractivity contribution in [3.63, 3.8) is 0 Å². The Morgan fingerprint density at radius 1 is 1.15 bits per heavy atom. The molecule has 0 aliphatic carbocycles. The van der Waals surface area contributed by atoms with Crippen molar-refractivity contribution in [1.82, 2.24) is 5.16 Å². The van der Waals surface area contributed by atoms with Crippen LogP contribution in [0.3, 0.4) is 0 Å². The lowest BCUT2D eigenvalue weighted by molar-refractivity contribution is 0.0178. The van der Waals surface area contributed by atoms with E-state index >= 15 is 0 Å². The number of ether oxygens (including phenoxy) is 1. The van der Waals surface area contributed by atoms with E-state index in [0.29, 0.717) is 0 Å². The van der Waals surface area contributed by atoms with Gasteiger partial charge in [0.25, 0.3) is 0 Å². The van der Waals surface area contributed by atoms with Crippen molar-refractivity contribution in [1.29, 1.82) is 0 Å². The quantitative estimate of drug-likeness (QED) is 0.910. The van der Waals surface area contributed by atoms with Gasteiger partial charge in [-0.3, -0.25) is 0 Å². The molecule has 0 saturated carbocycles. The maximum Gasteiger partial charge on any atom is 0.141 e. The van der Waals surface area contributed by atoms with E-state index < -0.39 is 0 Å². The minimum absolute atomic E-state index is 0.0821. The normalized spacial score (nSPS) is 12.9. The first-order valence-electron chi connectivity index (χ1n) is 6.81. The van der Waals surface area contributed by atoms with Crippen molar-refractivity contribution in [2.24, 2.45) is 0 Å². The lowest BCUT2D eigenvalue weighted by atomic mass is 9.99. The fourth-order valence-electron chi connectivity index (χ4n) is 2.40. The van der Waals surface area contributed by atoms with Crippen molar-refractivity contribution in [2.75, 3.05) is 0 Å². The average molecular weight is 275 g/mol. The molecule has 1 aromatic carbocycles. The number of phenols is 1. The molecular weight excluding hydrogens is 254 g/mol. The van der Waals surface area contributed by atoms with E-state index in [2.05, 4.69) is 5.16 Å². The molecule has 0 saturated heterocycles. The van der Waals surface area contributed by atoms with Crippen molar-refractivity contribution in [3.05, 3.63) is 35.2 Å². The molecule has 0 radical (unpaired) electrons. The summed E-state index contributed by atoms with van der Waals surface area (Å²) in [7, 11) is 0. The predicted molar refractivity (Wildman–Crippen MR) is 77.7 cm³/mol. The van der Waals surface area contributed by atoms with Crippen LogP contribution in [0, 0.1) is 13.8 Å². The van der Waals surface area contributed by atoms with Gasteiger partial charge in [0.15, 0.2) is 0 Å². The van der Waals surface area contributed by atoms with Crippen molar-refractivity contribution in [3.8, 4) is 16.9 Å². The fraction of sp³-hybridized carbons (Fsp3) is 0.438. The SMILES string of the molecule is Cc1noc(C)c1-c1cc(O)cc(C(C)OC(C)C)c1. The number of phenolic OH excluding ortho intramolecular Hbond substituents is 1. The monoisotopic (exact) mass is 275 g/mol. The molecule has 1 atom stereocenters. The highest BCUT2D eigenvalue weighted by molar-refractivity contribution is 5.69. The number of aromatic nitrogens is 1. The Morgan fingerprint density at radius 2 is 1.85 bits per heavy atom. The number of hydrogen-bond acceptors (Lipinski definition) is 4. The summed E-state index contributed by atoms with van der Waals surface area (Å²) in [6.45, 7) is 9.73. The number of hydrogen-bond donors (Lipinski definition) is 1. The van der Waals surface area contributed by atoms with Crippen LogP contribution in [0.4, 0.5) is 0 Å². The lowest BCUT2D eigenvalue weighted by Gasteiger charge is -2.17. The third-order valence-corrected chi connectivity index (χ3v) is 3.21. The minimum atomic E-state index is -0.0821. The minimum Gasteiger partial charge on any atom is -0.508 e. The number of aryl methyl sites for hydroxylation is 2. The summed E-state index contributed by atoms with van der Waals surface area (Å²) >= 11 is 0. The van der Waals surface area contributed by atoms with Gasteiger partial charge >= 0.3 is 0 Å². The molecule has 2 rings (SSSR count). The third-order valence-electron chi connectivity index (χ3n) is 3.21. The van der Waals surface area contributed by atoms with Crippen LogP contribution in [0.15, 0.2) is 22.7 Å². The molecule has 1 unspecified atom stereocenters. The first-order chi connectivity index (χ1) is 9.38. The highest BCUT2D eigenvalue weighted by Crippen LogP contribution is 2.33. The zero-order valence-corrected chi connectivity index (χ0v) is 12.6. The van der Waals surface area contributed by atoms with Crippen LogP contribution < -0.4 is 0 Å². The van der Waals surface area contributed by atoms with Gasteiger partial charge in [0, 0.05) is 5.56 Å². The highest BCUT2D eigenvalue weighted by atomic mass is 16.5. The first kappa shape index (κ1) is 14.6. The molecule has 0 aliphatic rings. The molecular formula is C16H21NO3. The van der Waals surface area contributed by atoms with E-state index in [0.717, 1.165) is 28.1 Å². The zero-order valence-electron chi connectivity index (χ0n) is 12.6. The second-order valence-corrected chi connectivity index (χ2v) is 5.34. The van der Waals surface area contributed by atoms with Crippen LogP contribution in [-0.2, 0) is 4.74 Å². The molecule has 0 amide bonds. The Balaban J connectivity index is 2.44. The molecule has 108 valence electrons. The van der Waals surface area contributed by atoms with Crippen LogP contribution in [0.25, 0.3) is 11.1 Å². The second kappa shape index (κ2) is 5.67. The summed E-state index contributed by atoms with van der Waals surface area (Å²) in [5.74, 6) is 0.966. The molecule has 0 aliphatic heterocycles. The first-order valence-corrected chi connectivity index (χ1v) is 6.81. The van der Waals surface area contributed by atoms with Gasteiger partial charge in [0.2, 0.25) is 0 Å². The Bertz CT molecular complexity index is 582. The van der Waals surface area contributed by atoms with Gasteiger partial charge < -0.3 is 14.4 Å². The summed E-state index contributed by atoms with van der Waals surface area (Å²) in [6.07, 6.45) is 0.0520. The van der Waals surface area contributed by atoms with Crippen LogP contribution in [0.2, 0.25) is 0 Å². The van der Waals surface area contributed by atoms with Crippen molar-refractivity contribution >= 4 is 0 Å². The van der Waals surface area contributed by atoms with E-state index in [4.69, 9.17) is 9.26 Å². The van der Waals surface area contributed by atoms with Crippen LogP contribution in [0.5, 0.6) is 5.75 Å². The Kier molecular flexibility index (Phi) is 4.14. The van der Waals surface area contributed by atoms with Crippen LogP contribution in [0.1, 0.15) is 43.9 Å². The molecule has 1 heterocycles. The standard InChI is InChI=1S/C16H21NO3/c1-9(2)19-11(4)13-6-14(8-15(18)7-13)16-10(3)17-20-12(16)5/h6-9,11,18H,1-5H3. The average Bonchev–Trinajstić information content (AvgIpc) is 2.67. The summed E-state index contributed by atoms with van der Waals surface area (Å²) in [6, 6.07) is 5.46. The highest BCUT2D eigenvalue weighted by Gasteiger charge is 2.16. The van der Waals surface area contributed by atoms with Crippen molar-refractivity contribution in [2.45, 2.75) is 46.8 Å². The van der Waals surface area contributed by atoms with Crippen LogP contribution >= 0.6 is 0 Å². The number of nitrogens with zero attached hydrogens (tertiary/aromatic N) is 1. The van der Waals surface area contributed by atoms with Crippen LogP contribution in [-0.4, -0.2) is 16.4 Å². The van der Waals surface area contributed by atoms with Gasteiger partial charge in [-0.2, -0.15) is 0 Å². The molecule has 0 fully saturated rings. The molecule has 4 heteroatoms. The third kappa shape index (κ3) is 3.02. The van der Waals surface area contributed by atoms with Gasteiger partial charge in [-0.25, -0.2) is 0 Å². The summed E-state index contributed by atoms with van der Waals surface area (Å²) in [4.78, 5) is 0. The molecule has 0 bridgehead atoms. The lowest BCUT2D eigenvalue weighted by Crippen LogP contribution is -2.07. The Labute approximate surface area is 119 Å². The molecule has 1 N–H and O–H groups in total. The van der Waals surface area contributed by atoms with E-state index in [9.17, 15) is 5.11 Å². The van der Waals surface area contributed by atoms with Gasteiger partial charge in [-0.1, -0.05) is 5.16 Å². The van der Waals surface area contributed by atoms with Crippen molar-refractivity contribution < 1.29 is 14.4 Å². The summed E-state index contributed by atoms with van der Waals surface area (Å²) in [5.41, 5.74) is 3.58. The largest absolute Gasteiger partial charge is 0.508 e. The second-order valence-electron chi connectivity index (χ2n) is 5.34. The van der Waals surface area contributed by atoms with Gasteiger partial charge in [0.05, 0.1) is 17.9 Å². The number of benzene rings is 1. The van der Waals surface area contributed by atoms with E-state index in [1.165, 1.54) is 0 Å². The van der Waals surface area contributed by atoms with Gasteiger partial charge in [-0.05, 0) is 63.9 Å². The predicted octanol–water partition coefficient (Wildman–Crippen LogP) is 4.15. The zero-order chi connectivity index (χ0) is 14.9. The molecule has 4 nitrogen and oxygen atoms in total. The van der Waals surface area contributed by atoms with E-state index in [-0.39, 0.29) is 18.0 Å².